The molecule has 0 heterocycles. The third kappa shape index (κ3) is 2.04. The molecule has 0 spiro atoms. The van der Waals surface area contributed by atoms with Gasteiger partial charge in [0.2, 0.25) is 5.91 Å². The molecular weight excluding hydrogens is 274 g/mol. The lowest BCUT2D eigenvalue weighted by Crippen LogP contribution is -2.11. The zero-order valence-electron chi connectivity index (χ0n) is 5.47. The summed E-state index contributed by atoms with van der Waals surface area (Å²) in [6.07, 6.45) is 0. The van der Waals surface area contributed by atoms with Crippen LogP contribution >= 0.6 is 31.9 Å². The van der Waals surface area contributed by atoms with Gasteiger partial charge in [-0.15, -0.1) is 0 Å². The van der Waals surface area contributed by atoms with Gasteiger partial charge in [-0.3, -0.25) is 4.79 Å². The van der Waals surface area contributed by atoms with E-state index in [1.807, 2.05) is 0 Å². The van der Waals surface area contributed by atoms with Crippen molar-refractivity contribution in [1.29, 1.82) is 0 Å². The SMILES string of the molecule is NC(=O)c1ccc(Br)cc1Br. The van der Waals surface area contributed by atoms with E-state index in [1.165, 1.54) is 0 Å². The largest absolute Gasteiger partial charge is 0.366 e. The van der Waals surface area contributed by atoms with Crippen LogP contribution in [0, 0.1) is 0 Å². The third-order valence-electron chi connectivity index (χ3n) is 1.20. The molecular formula is C7H5Br2NO. The molecule has 1 amide bonds. The van der Waals surface area contributed by atoms with Crippen LogP contribution in [0.15, 0.2) is 27.1 Å². The number of rotatable bonds is 1. The second kappa shape index (κ2) is 3.36. The molecule has 1 aromatic carbocycles. The van der Waals surface area contributed by atoms with Crippen LogP contribution in [0.5, 0.6) is 0 Å². The number of nitrogens with two attached hydrogens (primary N) is 1. The van der Waals surface area contributed by atoms with Gasteiger partial charge in [0.1, 0.15) is 0 Å². The molecule has 0 fully saturated rings. The van der Waals surface area contributed by atoms with Crippen LogP contribution in [0.2, 0.25) is 0 Å². The van der Waals surface area contributed by atoms with E-state index in [9.17, 15) is 4.79 Å². The molecule has 0 unspecified atom stereocenters. The molecule has 0 aliphatic heterocycles. The van der Waals surface area contributed by atoms with E-state index in [-0.39, 0.29) is 0 Å². The minimum absolute atomic E-state index is 0.427. The lowest BCUT2D eigenvalue weighted by molar-refractivity contribution is 0.0999. The summed E-state index contributed by atoms with van der Waals surface area (Å²) in [6, 6.07) is 5.21. The Kier molecular flexibility index (Phi) is 2.67. The number of hydrogen-bond acceptors (Lipinski definition) is 1. The Bertz CT molecular complexity index is 298. The number of carbonyl (C=O) groups excluding carboxylic acids is 1. The Morgan fingerprint density at radius 3 is 2.45 bits per heavy atom. The van der Waals surface area contributed by atoms with Gasteiger partial charge in [-0.1, -0.05) is 15.9 Å². The van der Waals surface area contributed by atoms with E-state index >= 15 is 0 Å². The Balaban J connectivity index is 3.20. The van der Waals surface area contributed by atoms with Crippen molar-refractivity contribution in [3.8, 4) is 0 Å². The summed E-state index contributed by atoms with van der Waals surface area (Å²) in [5.74, 6) is -0.427. The first-order chi connectivity index (χ1) is 5.11. The first kappa shape index (κ1) is 8.74. The molecule has 0 aliphatic carbocycles. The molecule has 2 nitrogen and oxygen atoms in total. The smallest absolute Gasteiger partial charge is 0.249 e. The van der Waals surface area contributed by atoms with E-state index in [0.717, 1.165) is 4.47 Å². The van der Waals surface area contributed by atoms with Gasteiger partial charge in [-0.05, 0) is 34.1 Å². The molecule has 0 saturated heterocycles. The molecule has 0 atom stereocenters. The van der Waals surface area contributed by atoms with E-state index in [4.69, 9.17) is 5.73 Å². The topological polar surface area (TPSA) is 43.1 Å². The molecule has 0 aromatic heterocycles. The van der Waals surface area contributed by atoms with Gasteiger partial charge in [0.05, 0.1) is 5.56 Å². The molecule has 58 valence electrons. The van der Waals surface area contributed by atoms with Crippen LogP contribution in [0.1, 0.15) is 10.4 Å². The van der Waals surface area contributed by atoms with Crippen molar-refractivity contribution < 1.29 is 4.79 Å². The van der Waals surface area contributed by atoms with Crippen molar-refractivity contribution in [1.82, 2.24) is 0 Å². The van der Waals surface area contributed by atoms with Crippen LogP contribution < -0.4 is 5.73 Å². The van der Waals surface area contributed by atoms with Gasteiger partial charge < -0.3 is 5.73 Å². The van der Waals surface area contributed by atoms with Crippen molar-refractivity contribution in [2.24, 2.45) is 5.73 Å². The molecule has 11 heavy (non-hydrogen) atoms. The van der Waals surface area contributed by atoms with Gasteiger partial charge in [0.25, 0.3) is 0 Å². The number of primary amides is 1. The first-order valence-corrected chi connectivity index (χ1v) is 4.44. The minimum atomic E-state index is -0.427. The fourth-order valence-electron chi connectivity index (χ4n) is 0.689. The molecule has 4 heteroatoms. The lowest BCUT2D eigenvalue weighted by atomic mass is 10.2. The van der Waals surface area contributed by atoms with Crippen LogP contribution in [0.3, 0.4) is 0 Å². The molecule has 0 saturated carbocycles. The van der Waals surface area contributed by atoms with Crippen molar-refractivity contribution in [2.45, 2.75) is 0 Å². The summed E-state index contributed by atoms with van der Waals surface area (Å²) in [5, 5.41) is 0. The fourth-order valence-corrected chi connectivity index (χ4v) is 1.93. The van der Waals surface area contributed by atoms with E-state index in [0.29, 0.717) is 10.0 Å². The third-order valence-corrected chi connectivity index (χ3v) is 2.35. The highest BCUT2D eigenvalue weighted by Gasteiger charge is 2.04. The van der Waals surface area contributed by atoms with E-state index in [2.05, 4.69) is 31.9 Å². The molecule has 2 N–H and O–H groups in total. The number of benzene rings is 1. The van der Waals surface area contributed by atoms with Crippen molar-refractivity contribution in [2.75, 3.05) is 0 Å². The highest BCUT2D eigenvalue weighted by Crippen LogP contribution is 2.21. The molecule has 1 rings (SSSR count). The van der Waals surface area contributed by atoms with E-state index in [1.54, 1.807) is 18.2 Å². The van der Waals surface area contributed by atoms with Gasteiger partial charge in [-0.2, -0.15) is 0 Å². The predicted octanol–water partition coefficient (Wildman–Crippen LogP) is 2.31. The van der Waals surface area contributed by atoms with Gasteiger partial charge in [-0.25, -0.2) is 0 Å². The highest BCUT2D eigenvalue weighted by atomic mass is 79.9. The van der Waals surface area contributed by atoms with Gasteiger partial charge in [0, 0.05) is 8.95 Å². The number of hydrogen-bond donors (Lipinski definition) is 1. The van der Waals surface area contributed by atoms with Crippen LogP contribution in [-0.4, -0.2) is 5.91 Å². The lowest BCUT2D eigenvalue weighted by Gasteiger charge is -1.98. The Hall–Kier alpha value is -0.350. The average Bonchev–Trinajstić information content (AvgIpc) is 1.85. The Morgan fingerprint density at radius 2 is 2.00 bits per heavy atom. The van der Waals surface area contributed by atoms with E-state index < -0.39 is 5.91 Å². The number of halogens is 2. The zero-order valence-corrected chi connectivity index (χ0v) is 8.65. The maximum absolute atomic E-state index is 10.7. The summed E-state index contributed by atoms with van der Waals surface area (Å²) >= 11 is 6.48. The summed E-state index contributed by atoms with van der Waals surface area (Å²) in [7, 11) is 0. The maximum atomic E-state index is 10.7. The standard InChI is InChI=1S/C7H5Br2NO/c8-4-1-2-5(7(10)11)6(9)3-4/h1-3H,(H2,10,11). The quantitative estimate of drug-likeness (QED) is 0.842. The second-order valence-corrected chi connectivity index (χ2v) is 3.76. The molecule has 0 bridgehead atoms. The van der Waals surface area contributed by atoms with Gasteiger partial charge in [0.15, 0.2) is 0 Å². The van der Waals surface area contributed by atoms with Crippen molar-refractivity contribution in [3.05, 3.63) is 32.7 Å². The van der Waals surface area contributed by atoms with Crippen molar-refractivity contribution in [3.63, 3.8) is 0 Å². The Morgan fingerprint density at radius 1 is 1.36 bits per heavy atom. The fraction of sp³-hybridized carbons (Fsp3) is 0. The predicted molar refractivity (Wildman–Crippen MR) is 50.4 cm³/mol. The minimum Gasteiger partial charge on any atom is -0.366 e. The monoisotopic (exact) mass is 277 g/mol. The molecule has 0 radical (unpaired) electrons. The molecule has 0 aliphatic rings. The Labute approximate surface area is 81.0 Å². The zero-order chi connectivity index (χ0) is 8.43. The highest BCUT2D eigenvalue weighted by molar-refractivity contribution is 9.11. The molecule has 1 aromatic rings. The number of amides is 1. The van der Waals surface area contributed by atoms with Crippen molar-refractivity contribution >= 4 is 37.8 Å². The normalized spacial score (nSPS) is 9.64. The summed E-state index contributed by atoms with van der Waals surface area (Å²) in [6.45, 7) is 0. The van der Waals surface area contributed by atoms with Crippen LogP contribution in [-0.2, 0) is 0 Å². The van der Waals surface area contributed by atoms with Crippen LogP contribution in [0.4, 0.5) is 0 Å². The van der Waals surface area contributed by atoms with Crippen LogP contribution in [0.25, 0.3) is 0 Å². The summed E-state index contributed by atoms with van der Waals surface area (Å²) in [5.41, 5.74) is 5.57. The summed E-state index contributed by atoms with van der Waals surface area (Å²) in [4.78, 5) is 10.7. The van der Waals surface area contributed by atoms with Gasteiger partial charge >= 0.3 is 0 Å². The first-order valence-electron chi connectivity index (χ1n) is 2.86. The number of carbonyl (C=O) groups is 1. The summed E-state index contributed by atoms with van der Waals surface area (Å²) < 4.78 is 1.62. The second-order valence-electron chi connectivity index (χ2n) is 1.99. The maximum Gasteiger partial charge on any atom is 0.249 e. The average molecular weight is 279 g/mol.